The van der Waals surface area contributed by atoms with Gasteiger partial charge in [-0.15, -0.1) is 0 Å². The molecule has 0 amide bonds. The zero-order valence-electron chi connectivity index (χ0n) is 17.2. The Kier molecular flexibility index (Phi) is 7.58. The molecule has 168 valence electrons. The Morgan fingerprint density at radius 3 is 2.00 bits per heavy atom. The van der Waals surface area contributed by atoms with Crippen LogP contribution in [0.5, 0.6) is 0 Å². The van der Waals surface area contributed by atoms with E-state index in [2.05, 4.69) is 5.32 Å². The van der Waals surface area contributed by atoms with Crippen molar-refractivity contribution in [2.75, 3.05) is 6.29 Å². The van der Waals surface area contributed by atoms with Gasteiger partial charge in [-0.25, -0.2) is 4.79 Å². The van der Waals surface area contributed by atoms with Crippen molar-refractivity contribution in [3.05, 3.63) is 96.1 Å². The van der Waals surface area contributed by atoms with Crippen LogP contribution < -0.4 is 11.1 Å². The number of ether oxygens (including phenoxy) is 1. The first-order chi connectivity index (χ1) is 15.2. The second kappa shape index (κ2) is 10.2. The van der Waals surface area contributed by atoms with Gasteiger partial charge in [-0.2, -0.15) is 0 Å². The van der Waals surface area contributed by atoms with Gasteiger partial charge in [0, 0.05) is 0 Å². The quantitative estimate of drug-likeness (QED) is 0.231. The molecule has 0 aliphatic rings. The van der Waals surface area contributed by atoms with Crippen molar-refractivity contribution < 1.29 is 29.0 Å². The molecule has 0 aliphatic heterocycles. The number of carboxylic acids is 1. The molecule has 3 aromatic rings. The maximum absolute atomic E-state index is 12.1. The first kappa shape index (κ1) is 23.8. The molecule has 0 fully saturated rings. The van der Waals surface area contributed by atoms with Gasteiger partial charge in [0.25, 0.3) is 0 Å². The van der Waals surface area contributed by atoms with Crippen LogP contribution in [0.25, 0.3) is 11.1 Å². The van der Waals surface area contributed by atoms with Gasteiger partial charge in [-0.3, -0.25) is 9.88 Å². The molecular formula is C23H25N2O6P. The van der Waals surface area contributed by atoms with E-state index in [1.165, 1.54) is 0 Å². The molecule has 0 unspecified atom stereocenters. The summed E-state index contributed by atoms with van der Waals surface area (Å²) < 4.78 is 17.3. The molecule has 8 nitrogen and oxygen atoms in total. The zero-order valence-corrected chi connectivity index (χ0v) is 18.1. The van der Waals surface area contributed by atoms with E-state index >= 15 is 0 Å². The Balaban J connectivity index is 1.95. The summed E-state index contributed by atoms with van der Waals surface area (Å²) in [7, 11) is -4.57. The Morgan fingerprint density at radius 2 is 1.47 bits per heavy atom. The first-order valence-electron chi connectivity index (χ1n) is 9.82. The Bertz CT molecular complexity index is 1070. The van der Waals surface area contributed by atoms with Gasteiger partial charge < -0.3 is 25.4 Å². The van der Waals surface area contributed by atoms with Crippen molar-refractivity contribution in [1.82, 2.24) is 5.32 Å². The first-order valence-corrected chi connectivity index (χ1v) is 11.6. The summed E-state index contributed by atoms with van der Waals surface area (Å²) in [4.78, 5) is 30.6. The lowest BCUT2D eigenvalue weighted by Crippen LogP contribution is -2.64. The van der Waals surface area contributed by atoms with E-state index in [0.29, 0.717) is 5.56 Å². The third-order valence-electron chi connectivity index (χ3n) is 4.93. The van der Waals surface area contributed by atoms with E-state index in [4.69, 9.17) is 10.5 Å². The molecule has 0 spiro atoms. The molecule has 0 saturated carbocycles. The van der Waals surface area contributed by atoms with Gasteiger partial charge in [0.05, 0.1) is 6.61 Å². The predicted molar refractivity (Wildman–Crippen MR) is 120 cm³/mol. The second-order valence-corrected chi connectivity index (χ2v) is 8.98. The van der Waals surface area contributed by atoms with E-state index < -0.39 is 31.6 Å². The Hall–Kier alpha value is -2.84. The van der Waals surface area contributed by atoms with Crippen molar-refractivity contribution in [2.45, 2.75) is 18.4 Å². The van der Waals surface area contributed by atoms with Crippen LogP contribution in [0.2, 0.25) is 0 Å². The predicted octanol–water partition coefficient (Wildman–Crippen LogP) is 3.08. The molecule has 0 bridgehead atoms. The highest BCUT2D eigenvalue weighted by atomic mass is 31.2. The van der Waals surface area contributed by atoms with Crippen LogP contribution in [-0.2, 0) is 20.7 Å². The van der Waals surface area contributed by atoms with E-state index in [9.17, 15) is 24.3 Å². The van der Waals surface area contributed by atoms with Crippen molar-refractivity contribution in [3.8, 4) is 11.1 Å². The monoisotopic (exact) mass is 456 g/mol. The highest BCUT2D eigenvalue weighted by Crippen LogP contribution is 2.36. The van der Waals surface area contributed by atoms with Gasteiger partial charge >= 0.3 is 13.6 Å². The number of aliphatic carboxylic acids is 1. The summed E-state index contributed by atoms with van der Waals surface area (Å²) in [5, 5.41) is 12.2. The summed E-state index contributed by atoms with van der Waals surface area (Å²) >= 11 is 0. The van der Waals surface area contributed by atoms with Crippen molar-refractivity contribution >= 4 is 13.6 Å². The van der Waals surface area contributed by atoms with E-state index in [1.807, 2.05) is 72.8 Å². The standard InChI is InChI=1S/C23H25N2O6P/c24-23(22(26)27,25-16-32(28,29)30)21(31-15-17-7-3-1-4-8-17)20-13-11-19(12-14-20)18-9-5-2-6-10-18/h1-14,21,25H,15-16,24H2,(H,26,27)(H2,28,29,30)/t21-,23-/m0/s1. The molecule has 2 atom stereocenters. The van der Waals surface area contributed by atoms with Gasteiger partial charge in [0.15, 0.2) is 5.66 Å². The van der Waals surface area contributed by atoms with Crippen LogP contribution in [0.15, 0.2) is 84.9 Å². The minimum Gasteiger partial charge on any atom is -0.479 e. The number of carboxylic acid groups (broad SMARTS) is 1. The highest BCUT2D eigenvalue weighted by Gasteiger charge is 2.45. The SMILES string of the molecule is N[C@@](NCP(=O)(O)O)(C(=O)O)[C@@H](OCc1ccccc1)c1ccc(-c2ccccc2)cc1. The summed E-state index contributed by atoms with van der Waals surface area (Å²) in [5.74, 6) is -1.50. The smallest absolute Gasteiger partial charge is 0.341 e. The van der Waals surface area contributed by atoms with Crippen molar-refractivity contribution in [2.24, 2.45) is 5.73 Å². The van der Waals surface area contributed by atoms with Crippen LogP contribution >= 0.6 is 7.60 Å². The lowest BCUT2D eigenvalue weighted by atomic mass is 9.94. The number of rotatable bonds is 10. The van der Waals surface area contributed by atoms with Gasteiger partial charge in [0.2, 0.25) is 0 Å². The molecule has 9 heteroatoms. The summed E-state index contributed by atoms with van der Waals surface area (Å²) in [5.41, 5.74) is 7.01. The summed E-state index contributed by atoms with van der Waals surface area (Å²) in [6.07, 6.45) is -2.15. The van der Waals surface area contributed by atoms with Crippen molar-refractivity contribution in [3.63, 3.8) is 0 Å². The van der Waals surface area contributed by atoms with Crippen LogP contribution in [0.1, 0.15) is 17.2 Å². The number of nitrogens with one attached hydrogen (secondary N) is 1. The molecule has 32 heavy (non-hydrogen) atoms. The number of carbonyl (C=O) groups is 1. The Labute approximate surface area is 185 Å². The molecule has 0 saturated heterocycles. The van der Waals surface area contributed by atoms with Crippen LogP contribution in [0.3, 0.4) is 0 Å². The fourth-order valence-corrected chi connectivity index (χ4v) is 3.71. The van der Waals surface area contributed by atoms with Crippen molar-refractivity contribution in [1.29, 1.82) is 0 Å². The molecule has 3 rings (SSSR count). The number of nitrogens with two attached hydrogens (primary N) is 1. The lowest BCUT2D eigenvalue weighted by Gasteiger charge is -2.35. The molecule has 0 aliphatic carbocycles. The fourth-order valence-electron chi connectivity index (χ4n) is 3.24. The normalized spacial score (nSPS) is 14.5. The maximum Gasteiger partial charge on any atom is 0.341 e. The van der Waals surface area contributed by atoms with Crippen LogP contribution in [-0.4, -0.2) is 32.8 Å². The van der Waals surface area contributed by atoms with Gasteiger partial charge in [-0.1, -0.05) is 84.9 Å². The minimum atomic E-state index is -4.57. The van der Waals surface area contributed by atoms with Crippen LogP contribution in [0, 0.1) is 0 Å². The number of benzene rings is 3. The third-order valence-corrected chi connectivity index (χ3v) is 5.50. The van der Waals surface area contributed by atoms with E-state index in [0.717, 1.165) is 16.7 Å². The summed E-state index contributed by atoms with van der Waals surface area (Å²) in [6.45, 7) is 0.0514. The zero-order chi connectivity index (χ0) is 23.2. The second-order valence-electron chi connectivity index (χ2n) is 7.34. The third kappa shape index (κ3) is 6.11. The van der Waals surface area contributed by atoms with Gasteiger partial charge in [0.1, 0.15) is 12.4 Å². The topological polar surface area (TPSA) is 142 Å². The molecule has 3 aromatic carbocycles. The fraction of sp³-hybridized carbons (Fsp3) is 0.174. The number of hydrogen-bond acceptors (Lipinski definition) is 5. The van der Waals surface area contributed by atoms with Gasteiger partial charge in [-0.05, 0) is 22.3 Å². The molecule has 0 radical (unpaired) electrons. The average molecular weight is 456 g/mol. The largest absolute Gasteiger partial charge is 0.479 e. The van der Waals surface area contributed by atoms with Crippen LogP contribution in [0.4, 0.5) is 0 Å². The minimum absolute atomic E-state index is 0.0514. The average Bonchev–Trinajstić information content (AvgIpc) is 2.79. The highest BCUT2D eigenvalue weighted by molar-refractivity contribution is 7.51. The lowest BCUT2D eigenvalue weighted by molar-refractivity contribution is -0.153. The van der Waals surface area contributed by atoms with E-state index in [-0.39, 0.29) is 6.61 Å². The molecular weight excluding hydrogens is 431 g/mol. The molecule has 6 N–H and O–H groups in total. The van der Waals surface area contributed by atoms with E-state index in [1.54, 1.807) is 12.1 Å². The molecule has 0 heterocycles. The summed E-state index contributed by atoms with van der Waals surface area (Å²) in [6, 6.07) is 25.8. The Morgan fingerprint density at radius 1 is 0.938 bits per heavy atom. The molecule has 0 aromatic heterocycles. The number of hydrogen-bond donors (Lipinski definition) is 5. The maximum atomic E-state index is 12.1.